The first kappa shape index (κ1) is 8.27. The lowest BCUT2D eigenvalue weighted by Crippen LogP contribution is -1.93. The summed E-state index contributed by atoms with van der Waals surface area (Å²) < 4.78 is 21.1. The van der Waals surface area contributed by atoms with Gasteiger partial charge < -0.3 is 0 Å². The summed E-state index contributed by atoms with van der Waals surface area (Å²) in [7, 11) is -2.35. The standard InChI is InChI=1S/C8H9O2S/c1-7(11(9)10)8-5-3-2-4-6-8/h3-7,11H,1H3. The Morgan fingerprint density at radius 1 is 1.36 bits per heavy atom. The van der Waals surface area contributed by atoms with Crippen LogP contribution in [-0.2, 0) is 10.7 Å². The van der Waals surface area contributed by atoms with Gasteiger partial charge in [0.2, 0.25) is 0 Å². The highest BCUT2D eigenvalue weighted by Crippen LogP contribution is 2.13. The van der Waals surface area contributed by atoms with Crippen LogP contribution in [0.2, 0.25) is 0 Å². The fourth-order valence-electron chi connectivity index (χ4n) is 0.800. The molecule has 1 aromatic carbocycles. The van der Waals surface area contributed by atoms with Gasteiger partial charge in [-0.1, -0.05) is 24.3 Å². The average Bonchev–Trinajstić information content (AvgIpc) is 2.05. The van der Waals surface area contributed by atoms with Gasteiger partial charge in [0, 0.05) is 0 Å². The number of thiol groups is 1. The van der Waals surface area contributed by atoms with Crippen molar-refractivity contribution < 1.29 is 8.42 Å². The fraction of sp³-hybridized carbons (Fsp3) is 0.250. The molecule has 0 aliphatic carbocycles. The van der Waals surface area contributed by atoms with Crippen molar-refractivity contribution >= 4 is 10.7 Å². The quantitative estimate of drug-likeness (QED) is 0.674. The molecule has 2 nitrogen and oxygen atoms in total. The monoisotopic (exact) mass is 169 g/mol. The van der Waals surface area contributed by atoms with Crippen molar-refractivity contribution in [2.75, 3.05) is 0 Å². The van der Waals surface area contributed by atoms with Gasteiger partial charge in [0.25, 0.3) is 0 Å². The highest BCUT2D eigenvalue weighted by molar-refractivity contribution is 7.72. The van der Waals surface area contributed by atoms with E-state index in [1.54, 1.807) is 31.2 Å². The molecule has 1 aromatic rings. The molecule has 11 heavy (non-hydrogen) atoms. The highest BCUT2D eigenvalue weighted by atomic mass is 32.2. The van der Waals surface area contributed by atoms with E-state index in [0.717, 1.165) is 5.56 Å². The summed E-state index contributed by atoms with van der Waals surface area (Å²) in [5.41, 5.74) is 0.819. The van der Waals surface area contributed by atoms with E-state index in [2.05, 4.69) is 6.07 Å². The molecular formula is C8H9O2S. The van der Waals surface area contributed by atoms with Crippen LogP contribution >= 0.6 is 0 Å². The number of rotatable bonds is 2. The van der Waals surface area contributed by atoms with Gasteiger partial charge in [-0.05, 0) is 18.6 Å². The average molecular weight is 169 g/mol. The smallest absolute Gasteiger partial charge is 0.146 e. The van der Waals surface area contributed by atoms with E-state index in [-0.39, 0.29) is 5.25 Å². The molecule has 0 aromatic heterocycles. The van der Waals surface area contributed by atoms with Crippen LogP contribution < -0.4 is 0 Å². The molecule has 1 radical (unpaired) electrons. The molecule has 0 fully saturated rings. The number of benzene rings is 1. The van der Waals surface area contributed by atoms with E-state index in [0.29, 0.717) is 0 Å². The summed E-state index contributed by atoms with van der Waals surface area (Å²) in [4.78, 5) is 0. The first-order valence-corrected chi connectivity index (χ1v) is 4.56. The van der Waals surface area contributed by atoms with Gasteiger partial charge in [0.15, 0.2) is 0 Å². The molecule has 0 saturated heterocycles. The third-order valence-electron chi connectivity index (χ3n) is 1.54. The van der Waals surface area contributed by atoms with E-state index in [4.69, 9.17) is 0 Å². The Labute approximate surface area is 67.8 Å². The van der Waals surface area contributed by atoms with Crippen LogP contribution in [0.4, 0.5) is 0 Å². The van der Waals surface area contributed by atoms with Crippen LogP contribution in [0.3, 0.4) is 0 Å². The summed E-state index contributed by atoms with van der Waals surface area (Å²) in [5, 5.41) is -0.389. The van der Waals surface area contributed by atoms with Crippen LogP contribution in [0.25, 0.3) is 0 Å². The van der Waals surface area contributed by atoms with Gasteiger partial charge >= 0.3 is 0 Å². The Morgan fingerprint density at radius 3 is 2.36 bits per heavy atom. The maximum Gasteiger partial charge on any atom is 0.146 e. The zero-order valence-electron chi connectivity index (χ0n) is 6.15. The number of hydrogen-bond acceptors (Lipinski definition) is 2. The van der Waals surface area contributed by atoms with Crippen LogP contribution in [-0.4, -0.2) is 8.42 Å². The van der Waals surface area contributed by atoms with Gasteiger partial charge in [-0.15, -0.1) is 0 Å². The maximum absolute atomic E-state index is 10.5. The van der Waals surface area contributed by atoms with E-state index >= 15 is 0 Å². The second kappa shape index (κ2) is 3.53. The largest absolute Gasteiger partial charge is 0.231 e. The zero-order chi connectivity index (χ0) is 8.27. The van der Waals surface area contributed by atoms with Gasteiger partial charge in [0.05, 0.1) is 5.25 Å². The summed E-state index contributed by atoms with van der Waals surface area (Å²) in [6, 6.07) is 9.78. The Morgan fingerprint density at radius 2 is 1.91 bits per heavy atom. The molecule has 1 rings (SSSR count). The third-order valence-corrected chi connectivity index (χ3v) is 2.47. The highest BCUT2D eigenvalue weighted by Gasteiger charge is 2.05. The van der Waals surface area contributed by atoms with Crippen molar-refractivity contribution in [1.82, 2.24) is 0 Å². The SMILES string of the molecule is CC(c1cc[c]cc1)[SH](=O)=O. The van der Waals surface area contributed by atoms with Gasteiger partial charge in [0.1, 0.15) is 10.7 Å². The first-order valence-electron chi connectivity index (χ1n) is 3.31. The summed E-state index contributed by atoms with van der Waals surface area (Å²) >= 11 is 0. The predicted molar refractivity (Wildman–Crippen MR) is 44.0 cm³/mol. The second-order valence-electron chi connectivity index (χ2n) is 2.29. The Balaban J connectivity index is 2.94. The van der Waals surface area contributed by atoms with E-state index < -0.39 is 10.7 Å². The van der Waals surface area contributed by atoms with Crippen molar-refractivity contribution in [2.45, 2.75) is 12.2 Å². The summed E-state index contributed by atoms with van der Waals surface area (Å²) in [6.07, 6.45) is 0. The molecule has 0 aliphatic rings. The lowest BCUT2D eigenvalue weighted by Gasteiger charge is -2.01. The lowest BCUT2D eigenvalue weighted by molar-refractivity contribution is 0.606. The van der Waals surface area contributed by atoms with Gasteiger partial charge in [-0.25, -0.2) is 8.42 Å². The Bertz CT molecular complexity index is 282. The minimum absolute atomic E-state index is 0.389. The van der Waals surface area contributed by atoms with Crippen LogP contribution in [0.1, 0.15) is 17.7 Å². The summed E-state index contributed by atoms with van der Waals surface area (Å²) in [5.74, 6) is 0. The van der Waals surface area contributed by atoms with Crippen molar-refractivity contribution in [3.63, 3.8) is 0 Å². The van der Waals surface area contributed by atoms with Crippen molar-refractivity contribution in [1.29, 1.82) is 0 Å². The minimum atomic E-state index is -2.35. The molecule has 0 aliphatic heterocycles. The van der Waals surface area contributed by atoms with Crippen LogP contribution in [0.15, 0.2) is 24.3 Å². The normalized spacial score (nSPS) is 13.3. The molecule has 59 valence electrons. The molecule has 0 N–H and O–H groups in total. The van der Waals surface area contributed by atoms with Gasteiger partial charge in [-0.3, -0.25) is 0 Å². The Hall–Kier alpha value is -0.830. The van der Waals surface area contributed by atoms with E-state index in [1.165, 1.54) is 0 Å². The molecule has 3 heteroatoms. The fourth-order valence-corrected chi connectivity index (χ4v) is 1.22. The molecule has 1 unspecified atom stereocenters. The minimum Gasteiger partial charge on any atom is -0.231 e. The van der Waals surface area contributed by atoms with E-state index in [1.807, 2.05) is 0 Å². The van der Waals surface area contributed by atoms with Crippen LogP contribution in [0, 0.1) is 6.07 Å². The van der Waals surface area contributed by atoms with Crippen molar-refractivity contribution in [3.05, 3.63) is 35.9 Å². The molecule has 0 heterocycles. The summed E-state index contributed by atoms with van der Waals surface area (Å²) in [6.45, 7) is 1.67. The molecule has 0 saturated carbocycles. The molecule has 0 bridgehead atoms. The van der Waals surface area contributed by atoms with E-state index in [9.17, 15) is 8.42 Å². The first-order chi connectivity index (χ1) is 5.22. The molecule has 0 amide bonds. The molecular weight excluding hydrogens is 160 g/mol. The predicted octanol–water partition coefficient (Wildman–Crippen LogP) is 1.16. The number of hydrogen-bond donors (Lipinski definition) is 1. The van der Waals surface area contributed by atoms with Gasteiger partial charge in [-0.2, -0.15) is 0 Å². The van der Waals surface area contributed by atoms with Crippen LogP contribution in [0.5, 0.6) is 0 Å². The maximum atomic E-state index is 10.5. The van der Waals surface area contributed by atoms with Crippen molar-refractivity contribution in [3.8, 4) is 0 Å². The molecule has 1 atom stereocenters. The third kappa shape index (κ3) is 2.05. The zero-order valence-corrected chi connectivity index (χ0v) is 7.04. The van der Waals surface area contributed by atoms with Crippen molar-refractivity contribution in [2.24, 2.45) is 0 Å². The lowest BCUT2D eigenvalue weighted by atomic mass is 10.2. The Kier molecular flexibility index (Phi) is 2.65. The molecule has 0 spiro atoms. The topological polar surface area (TPSA) is 34.1 Å². The second-order valence-corrected chi connectivity index (χ2v) is 3.64.